The quantitative estimate of drug-likeness (QED) is 0.560. The van der Waals surface area contributed by atoms with E-state index < -0.39 is 11.7 Å². The molecule has 0 radical (unpaired) electrons. The van der Waals surface area contributed by atoms with Crippen LogP contribution < -0.4 is 15.4 Å². The fraction of sp³-hybridized carbons (Fsp3) is 0.227. The van der Waals surface area contributed by atoms with Gasteiger partial charge < -0.3 is 10.1 Å². The van der Waals surface area contributed by atoms with E-state index in [4.69, 9.17) is 17.0 Å². The Morgan fingerprint density at radius 3 is 2.61 bits per heavy atom. The molecule has 0 unspecified atom stereocenters. The maximum absolute atomic E-state index is 12.9. The summed E-state index contributed by atoms with van der Waals surface area (Å²) in [4.78, 5) is 4.29. The minimum atomic E-state index is -4.39. The van der Waals surface area contributed by atoms with E-state index in [0.29, 0.717) is 23.4 Å². The molecule has 1 aromatic heterocycles. The van der Waals surface area contributed by atoms with E-state index >= 15 is 0 Å². The second-order valence-electron chi connectivity index (χ2n) is 6.62. The average molecular weight is 446 g/mol. The summed E-state index contributed by atoms with van der Waals surface area (Å²) < 4.78 is 46.0. The number of thiocarbonyl (C=S) groups is 1. The number of nitrogens with one attached hydrogen (secondary N) is 1. The second-order valence-corrected chi connectivity index (χ2v) is 7.00. The summed E-state index contributed by atoms with van der Waals surface area (Å²) in [6.45, 7) is 2.63. The van der Waals surface area contributed by atoms with Crippen molar-refractivity contribution in [3.05, 3.63) is 83.3 Å². The summed E-state index contributed by atoms with van der Waals surface area (Å²) in [7, 11) is 0. The molecule has 0 fully saturated rings. The van der Waals surface area contributed by atoms with Gasteiger partial charge in [-0.2, -0.15) is 18.3 Å². The largest absolute Gasteiger partial charge is 0.478 e. The summed E-state index contributed by atoms with van der Waals surface area (Å²) >= 11 is 5.22. The Labute approximate surface area is 183 Å². The zero-order valence-corrected chi connectivity index (χ0v) is 17.6. The maximum atomic E-state index is 12.9. The molecule has 0 saturated carbocycles. The Bertz CT molecular complexity index is 1100. The van der Waals surface area contributed by atoms with Crippen LogP contribution in [0.5, 0.6) is 5.88 Å². The average Bonchev–Trinajstić information content (AvgIpc) is 2.76. The van der Waals surface area contributed by atoms with Gasteiger partial charge in [-0.25, -0.2) is 9.67 Å². The van der Waals surface area contributed by atoms with Crippen molar-refractivity contribution in [2.45, 2.75) is 26.1 Å². The van der Waals surface area contributed by atoms with Gasteiger partial charge in [-0.05, 0) is 48.5 Å². The Balaban J connectivity index is 1.77. The highest BCUT2D eigenvalue weighted by Crippen LogP contribution is 2.29. The van der Waals surface area contributed by atoms with E-state index in [0.717, 1.165) is 24.2 Å². The summed E-state index contributed by atoms with van der Waals surface area (Å²) in [6, 6.07) is 16.3. The molecule has 162 valence electrons. The first kappa shape index (κ1) is 22.5. The molecule has 0 aliphatic heterocycles. The third-order valence-electron chi connectivity index (χ3n) is 4.17. The summed E-state index contributed by atoms with van der Waals surface area (Å²) in [5.41, 5.74) is 0.586. The number of hydrogen-bond donors (Lipinski definition) is 1. The van der Waals surface area contributed by atoms with Crippen LogP contribution in [0.2, 0.25) is 0 Å². The molecule has 0 saturated heterocycles. The highest BCUT2D eigenvalue weighted by molar-refractivity contribution is 7.80. The number of halogens is 3. The van der Waals surface area contributed by atoms with Crippen LogP contribution >= 0.6 is 12.2 Å². The van der Waals surface area contributed by atoms with E-state index in [1.165, 1.54) is 6.07 Å². The van der Waals surface area contributed by atoms with E-state index in [9.17, 15) is 13.2 Å². The number of para-hydroxylation sites is 1. The van der Waals surface area contributed by atoms with Crippen molar-refractivity contribution in [2.24, 2.45) is 4.99 Å². The van der Waals surface area contributed by atoms with Gasteiger partial charge in [0.05, 0.1) is 29.4 Å². The van der Waals surface area contributed by atoms with E-state index in [1.54, 1.807) is 23.0 Å². The highest BCUT2D eigenvalue weighted by Gasteiger charge is 2.30. The van der Waals surface area contributed by atoms with Gasteiger partial charge in [0.25, 0.3) is 0 Å². The zero-order valence-electron chi connectivity index (χ0n) is 16.8. The monoisotopic (exact) mass is 446 g/mol. The van der Waals surface area contributed by atoms with Crippen molar-refractivity contribution in [3.8, 4) is 11.6 Å². The van der Waals surface area contributed by atoms with Crippen molar-refractivity contribution in [2.75, 3.05) is 6.61 Å². The molecule has 0 amide bonds. The van der Waals surface area contributed by atoms with Gasteiger partial charge in [-0.3, -0.25) is 0 Å². The van der Waals surface area contributed by atoms with Crippen molar-refractivity contribution in [1.82, 2.24) is 15.1 Å². The van der Waals surface area contributed by atoms with Crippen LogP contribution in [-0.4, -0.2) is 21.5 Å². The minimum absolute atomic E-state index is 0.121. The van der Waals surface area contributed by atoms with Crippen molar-refractivity contribution in [1.29, 1.82) is 0 Å². The summed E-state index contributed by atoms with van der Waals surface area (Å²) in [5.74, 6) is 0.509. The van der Waals surface area contributed by atoms with Crippen LogP contribution in [0, 0.1) is 0 Å². The normalized spacial score (nSPS) is 11.9. The smallest absolute Gasteiger partial charge is 0.416 e. The van der Waals surface area contributed by atoms with Gasteiger partial charge in [0, 0.05) is 12.6 Å². The van der Waals surface area contributed by atoms with Gasteiger partial charge >= 0.3 is 6.18 Å². The molecule has 5 nitrogen and oxygen atoms in total. The zero-order chi connectivity index (χ0) is 22.3. The number of ether oxygens (including phenoxy) is 1. The highest BCUT2D eigenvalue weighted by atomic mass is 32.1. The third-order valence-corrected chi connectivity index (χ3v) is 4.40. The Kier molecular flexibility index (Phi) is 7.41. The lowest BCUT2D eigenvalue weighted by Crippen LogP contribution is -2.23. The lowest BCUT2D eigenvalue weighted by atomic mass is 10.1. The van der Waals surface area contributed by atoms with Crippen molar-refractivity contribution >= 4 is 17.3 Å². The molecule has 3 rings (SSSR count). The lowest BCUT2D eigenvalue weighted by molar-refractivity contribution is -0.137. The van der Waals surface area contributed by atoms with Crippen molar-refractivity contribution in [3.63, 3.8) is 0 Å². The van der Waals surface area contributed by atoms with Crippen LogP contribution in [-0.2, 0) is 12.7 Å². The molecule has 0 bridgehead atoms. The van der Waals surface area contributed by atoms with Gasteiger partial charge in [0.2, 0.25) is 5.88 Å². The number of nitrogens with zero attached hydrogens (tertiary/aromatic N) is 3. The van der Waals surface area contributed by atoms with Crippen LogP contribution in [0.25, 0.3) is 5.69 Å². The van der Waals surface area contributed by atoms with Crippen molar-refractivity contribution < 1.29 is 17.9 Å². The van der Waals surface area contributed by atoms with E-state index in [-0.39, 0.29) is 11.7 Å². The molecular weight excluding hydrogens is 425 g/mol. The standard InChI is InChI=1S/C22H21F3N4OS/c1-2-11-30-20-13-18(15-27-29(20)19-9-4-3-5-10-19)28-21(31)26-14-16-7-6-8-17(12-16)22(23,24)25/h3-10,12-13,15H,2,11,14H2,1H3,(H,26,31)/b28-18+. The molecule has 0 aliphatic rings. The number of benzene rings is 2. The predicted molar refractivity (Wildman–Crippen MR) is 116 cm³/mol. The summed E-state index contributed by atoms with van der Waals surface area (Å²) in [5, 5.41) is 7.86. The Hall–Kier alpha value is -3.20. The van der Waals surface area contributed by atoms with E-state index in [2.05, 4.69) is 15.4 Å². The van der Waals surface area contributed by atoms with Crippen LogP contribution in [0.1, 0.15) is 24.5 Å². The molecular formula is C22H21F3N4OS. The Morgan fingerprint density at radius 2 is 1.90 bits per heavy atom. The lowest BCUT2D eigenvalue weighted by Gasteiger charge is -2.13. The number of aromatic nitrogens is 2. The van der Waals surface area contributed by atoms with Gasteiger partial charge in [-0.1, -0.05) is 37.3 Å². The van der Waals surface area contributed by atoms with Gasteiger partial charge in [-0.15, -0.1) is 0 Å². The predicted octanol–water partition coefficient (Wildman–Crippen LogP) is 4.66. The fourth-order valence-electron chi connectivity index (χ4n) is 2.72. The molecule has 1 heterocycles. The maximum Gasteiger partial charge on any atom is 0.416 e. The molecule has 0 spiro atoms. The Morgan fingerprint density at radius 1 is 1.13 bits per heavy atom. The third kappa shape index (κ3) is 6.39. The SMILES string of the molecule is CCCOc1c/c(=N\C(=S)NCc2cccc(C(F)(F)F)c2)cnn1-c1ccccc1. The molecule has 3 aromatic rings. The molecule has 9 heteroatoms. The van der Waals surface area contributed by atoms with Crippen LogP contribution in [0.4, 0.5) is 13.2 Å². The molecule has 0 atom stereocenters. The molecule has 31 heavy (non-hydrogen) atoms. The van der Waals surface area contributed by atoms with Crippen LogP contribution in [0.3, 0.4) is 0 Å². The second kappa shape index (κ2) is 10.2. The molecule has 1 N–H and O–H groups in total. The van der Waals surface area contributed by atoms with Crippen LogP contribution in [0.15, 0.2) is 71.9 Å². The fourth-order valence-corrected chi connectivity index (χ4v) is 2.90. The number of alkyl halides is 3. The number of rotatable bonds is 6. The topological polar surface area (TPSA) is 51.4 Å². The van der Waals surface area contributed by atoms with Gasteiger partial charge in [0.1, 0.15) is 0 Å². The molecule has 0 aliphatic carbocycles. The first-order valence-corrected chi connectivity index (χ1v) is 10.0. The number of hydrogen-bond acceptors (Lipinski definition) is 3. The first-order valence-electron chi connectivity index (χ1n) is 9.63. The van der Waals surface area contributed by atoms with Gasteiger partial charge in [0.15, 0.2) is 5.11 Å². The summed E-state index contributed by atoms with van der Waals surface area (Å²) in [6.07, 6.45) is -2.02. The molecule has 2 aromatic carbocycles. The van der Waals surface area contributed by atoms with E-state index in [1.807, 2.05) is 37.3 Å². The first-order chi connectivity index (χ1) is 14.9. The minimum Gasteiger partial charge on any atom is -0.478 e.